The highest BCUT2D eigenvalue weighted by atomic mass is 15.2. The Morgan fingerprint density at radius 3 is 0.526 bits per heavy atom. The summed E-state index contributed by atoms with van der Waals surface area (Å²) >= 11 is 0. The van der Waals surface area contributed by atoms with Crippen molar-refractivity contribution < 1.29 is 0 Å². The largest absolute Gasteiger partial charge is 0.311 e. The van der Waals surface area contributed by atoms with Crippen LogP contribution in [-0.4, -0.2) is 0 Å². The van der Waals surface area contributed by atoms with Crippen LogP contribution in [0.2, 0.25) is 0 Å². The lowest BCUT2D eigenvalue weighted by atomic mass is 9.84. The fourth-order valence-corrected chi connectivity index (χ4v) is 13.1. The molecule has 0 aliphatic heterocycles. The monoisotopic (exact) mass is 1220 g/mol. The third-order valence-electron chi connectivity index (χ3n) is 18.1. The summed E-state index contributed by atoms with van der Waals surface area (Å²) in [5.74, 6) is 0.220. The zero-order valence-electron chi connectivity index (χ0n) is 52.7. The minimum absolute atomic E-state index is 0.220. The van der Waals surface area contributed by atoms with Crippen LogP contribution in [0.25, 0.3) is 66.8 Å². The summed E-state index contributed by atoms with van der Waals surface area (Å²) in [5.41, 5.74) is 28.0. The SMILES string of the molecule is c1ccc(CC(c2ccc(-c3ccccc3)cc2)c2ccc(-c3ccc(N(c4ccccc4)c4ccc(-c5ccc(-c6ccc(N(c7ccccc7)c7ccc(-c8ccc(N(c9ccccc9)c9ccc(-c%10ccccc%10)cc9)cc8)cc7)cc6)cc5)cc4)cc3)cc2)cc1. The summed E-state index contributed by atoms with van der Waals surface area (Å²) in [6.45, 7) is 0. The van der Waals surface area contributed by atoms with E-state index >= 15 is 0 Å². The van der Waals surface area contributed by atoms with Crippen LogP contribution in [0, 0.1) is 0 Å². The van der Waals surface area contributed by atoms with Crippen LogP contribution in [0.15, 0.2) is 400 Å². The van der Waals surface area contributed by atoms with Crippen molar-refractivity contribution in [1.82, 2.24) is 0 Å². The van der Waals surface area contributed by atoms with E-state index in [1.54, 1.807) is 0 Å². The van der Waals surface area contributed by atoms with Crippen molar-refractivity contribution >= 4 is 51.2 Å². The Morgan fingerprint density at radius 1 is 0.147 bits per heavy atom. The summed E-state index contributed by atoms with van der Waals surface area (Å²) in [6.07, 6.45) is 0.925. The summed E-state index contributed by atoms with van der Waals surface area (Å²) in [5, 5.41) is 0. The Hall–Kier alpha value is -12.3. The normalized spacial score (nSPS) is 11.4. The van der Waals surface area contributed by atoms with Gasteiger partial charge in [0.1, 0.15) is 0 Å². The van der Waals surface area contributed by atoms with Crippen molar-refractivity contribution in [3.8, 4) is 66.8 Å². The number of nitrogens with zero attached hydrogens (tertiary/aromatic N) is 3. The van der Waals surface area contributed by atoms with E-state index in [1.807, 2.05) is 0 Å². The molecule has 452 valence electrons. The Kier molecular flexibility index (Phi) is 17.2. The lowest BCUT2D eigenvalue weighted by molar-refractivity contribution is 0.805. The number of anilines is 9. The predicted molar refractivity (Wildman–Crippen MR) is 402 cm³/mol. The standard InChI is InChI=1S/C92H69N3/c1-7-19-68(20-8-1)67-92(81-39-35-71(36-40-81)69-21-9-2-10-22-69)82-41-37-74(38-42-82)78-49-61-89(62-50-78)94(84-27-15-5-16-28-84)87-57-45-76(46-58-87)72-31-33-73(34-32-72)77-47-59-88(60-48-77)95(85-29-17-6-18-30-85)91-65-53-80(54-66-91)79-51-63-90(64-52-79)93(83-25-13-4-14-26-83)86-55-43-75(44-56-86)70-23-11-3-12-24-70/h1-66,92H,67H2. The first-order valence-corrected chi connectivity index (χ1v) is 32.7. The molecule has 3 nitrogen and oxygen atoms in total. The van der Waals surface area contributed by atoms with Crippen molar-refractivity contribution in [3.05, 3.63) is 417 Å². The molecule has 0 heterocycles. The number of hydrogen-bond acceptors (Lipinski definition) is 3. The van der Waals surface area contributed by atoms with Gasteiger partial charge in [0, 0.05) is 57.1 Å². The van der Waals surface area contributed by atoms with Gasteiger partial charge >= 0.3 is 0 Å². The fourth-order valence-electron chi connectivity index (χ4n) is 13.1. The van der Waals surface area contributed by atoms with Crippen molar-refractivity contribution in [1.29, 1.82) is 0 Å². The van der Waals surface area contributed by atoms with Crippen molar-refractivity contribution in [3.63, 3.8) is 0 Å². The second-order valence-corrected chi connectivity index (χ2v) is 24.1. The maximum absolute atomic E-state index is 2.34. The molecule has 0 aliphatic rings. The van der Waals surface area contributed by atoms with Gasteiger partial charge in [-0.25, -0.2) is 0 Å². The summed E-state index contributed by atoms with van der Waals surface area (Å²) < 4.78 is 0. The maximum atomic E-state index is 2.34. The van der Waals surface area contributed by atoms with Gasteiger partial charge in [0.2, 0.25) is 0 Å². The molecule has 0 N–H and O–H groups in total. The van der Waals surface area contributed by atoms with Crippen LogP contribution in [0.5, 0.6) is 0 Å². The molecule has 0 saturated heterocycles. The number of rotatable bonds is 19. The van der Waals surface area contributed by atoms with Crippen molar-refractivity contribution in [2.75, 3.05) is 14.7 Å². The molecule has 3 heteroatoms. The lowest BCUT2D eigenvalue weighted by Crippen LogP contribution is -2.10. The molecule has 15 aromatic rings. The zero-order valence-corrected chi connectivity index (χ0v) is 52.7. The van der Waals surface area contributed by atoms with Gasteiger partial charge in [0.25, 0.3) is 0 Å². The van der Waals surface area contributed by atoms with Crippen molar-refractivity contribution in [2.24, 2.45) is 0 Å². The highest BCUT2D eigenvalue weighted by Crippen LogP contribution is 2.42. The van der Waals surface area contributed by atoms with Crippen LogP contribution < -0.4 is 14.7 Å². The lowest BCUT2D eigenvalue weighted by Gasteiger charge is -2.26. The number of hydrogen-bond donors (Lipinski definition) is 0. The molecule has 1 unspecified atom stereocenters. The number of benzene rings is 15. The predicted octanol–water partition coefficient (Wildman–Crippen LogP) is 25.5. The minimum Gasteiger partial charge on any atom is -0.311 e. The first-order valence-electron chi connectivity index (χ1n) is 32.7. The van der Waals surface area contributed by atoms with Gasteiger partial charge in [-0.2, -0.15) is 0 Å². The van der Waals surface area contributed by atoms with E-state index in [0.717, 1.165) is 79.9 Å². The maximum Gasteiger partial charge on any atom is 0.0462 e. The highest BCUT2D eigenvalue weighted by molar-refractivity contribution is 5.84. The molecular weight excluding hydrogens is 1150 g/mol. The van der Waals surface area contributed by atoms with Crippen LogP contribution in [0.3, 0.4) is 0 Å². The van der Waals surface area contributed by atoms with Crippen LogP contribution in [0.4, 0.5) is 51.2 Å². The van der Waals surface area contributed by atoms with E-state index in [9.17, 15) is 0 Å². The molecule has 1 atom stereocenters. The first kappa shape index (κ1) is 59.0. The Labute approximate surface area is 558 Å². The fraction of sp³-hybridized carbons (Fsp3) is 0.0217. The first-order chi connectivity index (χ1) is 47.1. The van der Waals surface area contributed by atoms with E-state index < -0.39 is 0 Å². The van der Waals surface area contributed by atoms with Gasteiger partial charge in [0.05, 0.1) is 0 Å². The molecule has 0 fully saturated rings. The average Bonchev–Trinajstić information content (AvgIpc) is 1.31. The zero-order chi connectivity index (χ0) is 63.5. The Balaban J connectivity index is 0.626. The highest BCUT2D eigenvalue weighted by Gasteiger charge is 2.20. The van der Waals surface area contributed by atoms with Crippen LogP contribution >= 0.6 is 0 Å². The van der Waals surface area contributed by atoms with Gasteiger partial charge in [-0.15, -0.1) is 0 Å². The molecule has 0 bridgehead atoms. The average molecular weight is 1220 g/mol. The smallest absolute Gasteiger partial charge is 0.0462 e. The Bertz CT molecular complexity index is 4900. The molecule has 0 amide bonds. The van der Waals surface area contributed by atoms with Crippen LogP contribution in [-0.2, 0) is 6.42 Å². The molecular formula is C92H69N3. The van der Waals surface area contributed by atoms with Crippen LogP contribution in [0.1, 0.15) is 22.6 Å². The van der Waals surface area contributed by atoms with E-state index in [2.05, 4.69) is 415 Å². The third kappa shape index (κ3) is 13.3. The molecule has 15 rings (SSSR count). The van der Waals surface area contributed by atoms with Crippen molar-refractivity contribution in [2.45, 2.75) is 12.3 Å². The van der Waals surface area contributed by atoms with Gasteiger partial charge in [0.15, 0.2) is 0 Å². The minimum atomic E-state index is 0.220. The second-order valence-electron chi connectivity index (χ2n) is 24.1. The molecule has 0 aliphatic carbocycles. The second kappa shape index (κ2) is 27.7. The molecule has 15 aromatic carbocycles. The Morgan fingerprint density at radius 2 is 0.305 bits per heavy atom. The topological polar surface area (TPSA) is 9.72 Å². The number of para-hydroxylation sites is 3. The quantitative estimate of drug-likeness (QED) is 0.0799. The summed E-state index contributed by atoms with van der Waals surface area (Å²) in [4.78, 5) is 6.98. The van der Waals surface area contributed by atoms with E-state index in [0.29, 0.717) is 0 Å². The molecule has 0 radical (unpaired) electrons. The summed E-state index contributed by atoms with van der Waals surface area (Å²) in [6, 6.07) is 145. The van der Waals surface area contributed by atoms with E-state index in [1.165, 1.54) is 61.2 Å². The third-order valence-corrected chi connectivity index (χ3v) is 18.1. The summed E-state index contributed by atoms with van der Waals surface area (Å²) in [7, 11) is 0. The van der Waals surface area contributed by atoms with Gasteiger partial charge < -0.3 is 14.7 Å². The molecule has 0 spiro atoms. The van der Waals surface area contributed by atoms with Gasteiger partial charge in [-0.3, -0.25) is 0 Å². The van der Waals surface area contributed by atoms with Gasteiger partial charge in [-0.1, -0.05) is 291 Å². The van der Waals surface area contributed by atoms with E-state index in [-0.39, 0.29) is 5.92 Å². The van der Waals surface area contributed by atoms with Gasteiger partial charge in [-0.05, 0) is 199 Å². The molecule has 0 aromatic heterocycles. The van der Waals surface area contributed by atoms with E-state index in [4.69, 9.17) is 0 Å². The molecule has 0 saturated carbocycles. The molecule has 95 heavy (non-hydrogen) atoms.